The lowest BCUT2D eigenvalue weighted by molar-refractivity contribution is 0.558. The Hall–Kier alpha value is -0.650. The second-order valence-corrected chi connectivity index (χ2v) is 6.15. The van der Waals surface area contributed by atoms with Crippen LogP contribution in [0.3, 0.4) is 0 Å². The Labute approximate surface area is 137 Å². The number of hydrogen-bond acceptors (Lipinski definition) is 1. The molecule has 1 atom stereocenters. The van der Waals surface area contributed by atoms with E-state index in [0.29, 0.717) is 10.6 Å². The summed E-state index contributed by atoms with van der Waals surface area (Å²) in [5.74, 6) is -0.277. The van der Waals surface area contributed by atoms with Gasteiger partial charge in [0.25, 0.3) is 0 Å². The van der Waals surface area contributed by atoms with Gasteiger partial charge in [-0.3, -0.25) is 0 Å². The molecule has 0 fully saturated rings. The van der Waals surface area contributed by atoms with Crippen molar-refractivity contribution in [1.82, 2.24) is 5.32 Å². The predicted molar refractivity (Wildman–Crippen MR) is 90.8 cm³/mol. The quantitative estimate of drug-likeness (QED) is 0.701. The Kier molecular flexibility index (Phi) is 5.41. The van der Waals surface area contributed by atoms with E-state index in [4.69, 9.17) is 11.6 Å². The van der Waals surface area contributed by atoms with Crippen LogP contribution in [0.25, 0.3) is 0 Å². The third-order valence-corrected chi connectivity index (χ3v) is 4.92. The first-order valence-corrected chi connectivity index (χ1v) is 7.93. The molecule has 2 aromatic rings. The summed E-state index contributed by atoms with van der Waals surface area (Å²) in [5.41, 5.74) is 2.91. The summed E-state index contributed by atoms with van der Waals surface area (Å²) in [7, 11) is 0. The van der Waals surface area contributed by atoms with E-state index in [1.165, 1.54) is 11.6 Å². The number of nitrogens with one attached hydrogen (secondary N) is 1. The van der Waals surface area contributed by atoms with E-state index in [9.17, 15) is 4.39 Å². The maximum Gasteiger partial charge on any atom is 0.129 e. The Morgan fingerprint density at radius 1 is 1.25 bits per heavy atom. The predicted octanol–water partition coefficient (Wildman–Crippen LogP) is 5.09. The zero-order chi connectivity index (χ0) is 14.7. The van der Waals surface area contributed by atoms with E-state index in [0.717, 1.165) is 15.7 Å². The summed E-state index contributed by atoms with van der Waals surface area (Å²) in [6.07, 6.45) is 0. The van der Waals surface area contributed by atoms with Crippen molar-refractivity contribution >= 4 is 34.2 Å². The molecule has 0 amide bonds. The van der Waals surface area contributed by atoms with Gasteiger partial charge in [0.1, 0.15) is 5.82 Å². The molecule has 0 bridgehead atoms. The zero-order valence-corrected chi connectivity index (χ0v) is 14.3. The summed E-state index contributed by atoms with van der Waals surface area (Å²) >= 11 is 8.16. The summed E-state index contributed by atoms with van der Waals surface area (Å²) in [5, 5.41) is 3.77. The van der Waals surface area contributed by atoms with Crippen LogP contribution in [0.2, 0.25) is 5.02 Å². The van der Waals surface area contributed by atoms with Crippen LogP contribution in [0.1, 0.15) is 29.7 Å². The molecular formula is C16H16ClFIN. The first kappa shape index (κ1) is 15.7. The number of aryl methyl sites for hydroxylation is 1. The lowest BCUT2D eigenvalue weighted by Gasteiger charge is -2.22. The molecule has 0 aliphatic carbocycles. The van der Waals surface area contributed by atoms with Gasteiger partial charge in [-0.15, -0.1) is 0 Å². The average Bonchev–Trinajstić information content (AvgIpc) is 2.40. The van der Waals surface area contributed by atoms with Crippen molar-refractivity contribution in [3.63, 3.8) is 0 Å². The lowest BCUT2D eigenvalue weighted by Crippen LogP contribution is -2.24. The highest BCUT2D eigenvalue weighted by Crippen LogP contribution is 2.30. The van der Waals surface area contributed by atoms with Gasteiger partial charge in [0, 0.05) is 14.2 Å². The lowest BCUT2D eigenvalue weighted by atomic mass is 9.97. The summed E-state index contributed by atoms with van der Waals surface area (Å²) in [6, 6.07) is 10.8. The van der Waals surface area contributed by atoms with E-state index in [-0.39, 0.29) is 11.9 Å². The van der Waals surface area contributed by atoms with E-state index >= 15 is 0 Å². The molecule has 0 saturated carbocycles. The standard InChI is InChI=1S/C16H16ClFIN/c1-3-20-16(12-8-7-11(17)9-14(12)18)13-6-4-5-10(2)15(13)19/h4-9,16,20H,3H2,1-2H3. The number of benzene rings is 2. The second kappa shape index (κ2) is 6.87. The van der Waals surface area contributed by atoms with Crippen LogP contribution in [0.4, 0.5) is 4.39 Å². The topological polar surface area (TPSA) is 12.0 Å². The molecule has 2 aromatic carbocycles. The van der Waals surface area contributed by atoms with Gasteiger partial charge in [-0.2, -0.15) is 0 Å². The molecule has 0 aromatic heterocycles. The SMILES string of the molecule is CCNC(c1ccc(Cl)cc1F)c1cccc(C)c1I. The van der Waals surface area contributed by atoms with Gasteiger partial charge in [-0.05, 0) is 59.3 Å². The maximum atomic E-state index is 14.2. The molecule has 106 valence electrons. The second-order valence-electron chi connectivity index (χ2n) is 4.63. The largest absolute Gasteiger partial charge is 0.306 e. The average molecular weight is 404 g/mol. The van der Waals surface area contributed by atoms with Crippen LogP contribution in [-0.2, 0) is 0 Å². The molecule has 4 heteroatoms. The summed E-state index contributed by atoms with van der Waals surface area (Å²) in [6.45, 7) is 4.84. The maximum absolute atomic E-state index is 14.2. The van der Waals surface area contributed by atoms with Crippen molar-refractivity contribution < 1.29 is 4.39 Å². The van der Waals surface area contributed by atoms with Crippen molar-refractivity contribution in [3.8, 4) is 0 Å². The third kappa shape index (κ3) is 3.32. The first-order chi connectivity index (χ1) is 9.54. The fraction of sp³-hybridized carbons (Fsp3) is 0.250. The molecule has 1 unspecified atom stereocenters. The molecule has 0 heterocycles. The molecule has 0 aliphatic heterocycles. The monoisotopic (exact) mass is 403 g/mol. The molecule has 2 rings (SSSR count). The third-order valence-electron chi connectivity index (χ3n) is 3.21. The van der Waals surface area contributed by atoms with Gasteiger partial charge in [0.15, 0.2) is 0 Å². The smallest absolute Gasteiger partial charge is 0.129 e. The van der Waals surface area contributed by atoms with E-state index in [2.05, 4.69) is 40.9 Å². The number of halogens is 3. The summed E-state index contributed by atoms with van der Waals surface area (Å²) in [4.78, 5) is 0. The minimum absolute atomic E-state index is 0.163. The molecule has 0 saturated heterocycles. The fourth-order valence-corrected chi connectivity index (χ4v) is 3.05. The molecule has 1 N–H and O–H groups in total. The van der Waals surface area contributed by atoms with Crippen molar-refractivity contribution in [1.29, 1.82) is 0 Å². The van der Waals surface area contributed by atoms with Crippen molar-refractivity contribution in [3.05, 3.63) is 67.5 Å². The van der Waals surface area contributed by atoms with Crippen molar-refractivity contribution in [2.75, 3.05) is 6.54 Å². The molecule has 0 radical (unpaired) electrons. The molecular weight excluding hydrogens is 388 g/mol. The zero-order valence-electron chi connectivity index (χ0n) is 11.4. The Morgan fingerprint density at radius 3 is 2.65 bits per heavy atom. The normalized spacial score (nSPS) is 12.4. The van der Waals surface area contributed by atoms with E-state index in [1.54, 1.807) is 12.1 Å². The highest BCUT2D eigenvalue weighted by molar-refractivity contribution is 14.1. The van der Waals surface area contributed by atoms with Crippen LogP contribution >= 0.6 is 34.2 Å². The summed E-state index contributed by atoms with van der Waals surface area (Å²) < 4.78 is 15.4. The van der Waals surface area contributed by atoms with Gasteiger partial charge >= 0.3 is 0 Å². The van der Waals surface area contributed by atoms with E-state index in [1.807, 2.05) is 19.1 Å². The molecule has 1 nitrogen and oxygen atoms in total. The highest BCUT2D eigenvalue weighted by Gasteiger charge is 2.20. The van der Waals surface area contributed by atoms with Gasteiger partial charge in [-0.25, -0.2) is 4.39 Å². The number of rotatable bonds is 4. The van der Waals surface area contributed by atoms with E-state index < -0.39 is 0 Å². The Balaban J connectivity index is 2.53. The minimum atomic E-state index is -0.277. The van der Waals surface area contributed by atoms with Gasteiger partial charge in [-0.1, -0.05) is 42.8 Å². The molecule has 0 aliphatic rings. The molecule has 20 heavy (non-hydrogen) atoms. The van der Waals surface area contributed by atoms with Gasteiger partial charge < -0.3 is 5.32 Å². The Bertz CT molecular complexity index is 615. The Morgan fingerprint density at radius 2 is 2.00 bits per heavy atom. The van der Waals surface area contributed by atoms with Gasteiger partial charge in [0.2, 0.25) is 0 Å². The van der Waals surface area contributed by atoms with Crippen LogP contribution in [0.15, 0.2) is 36.4 Å². The van der Waals surface area contributed by atoms with Gasteiger partial charge in [0.05, 0.1) is 6.04 Å². The number of hydrogen-bond donors (Lipinski definition) is 1. The van der Waals surface area contributed by atoms with Crippen LogP contribution in [0.5, 0.6) is 0 Å². The fourth-order valence-electron chi connectivity index (χ4n) is 2.22. The highest BCUT2D eigenvalue weighted by atomic mass is 127. The van der Waals surface area contributed by atoms with Crippen molar-refractivity contribution in [2.45, 2.75) is 19.9 Å². The minimum Gasteiger partial charge on any atom is -0.306 e. The van der Waals surface area contributed by atoms with Crippen LogP contribution in [-0.4, -0.2) is 6.54 Å². The van der Waals surface area contributed by atoms with Crippen molar-refractivity contribution in [2.24, 2.45) is 0 Å². The van der Waals surface area contributed by atoms with Crippen LogP contribution < -0.4 is 5.32 Å². The molecule has 0 spiro atoms. The first-order valence-electron chi connectivity index (χ1n) is 6.48. The van der Waals surface area contributed by atoms with Crippen LogP contribution in [0, 0.1) is 16.3 Å².